The van der Waals surface area contributed by atoms with E-state index in [2.05, 4.69) is 5.32 Å². The predicted molar refractivity (Wildman–Crippen MR) is 70.4 cm³/mol. The van der Waals surface area contributed by atoms with Crippen LogP contribution < -0.4 is 5.32 Å². The Hall–Kier alpha value is -1.03. The molecule has 1 rings (SSSR count). The number of carbonyl (C=O) groups is 1. The highest BCUT2D eigenvalue weighted by atomic mass is 32.2. The lowest BCUT2D eigenvalue weighted by atomic mass is 10.1. The maximum atomic E-state index is 13.3. The molecule has 17 heavy (non-hydrogen) atoms. The Morgan fingerprint density at radius 2 is 2.06 bits per heavy atom. The molecule has 0 aliphatic heterocycles. The molecule has 0 aliphatic rings. The lowest BCUT2D eigenvalue weighted by Crippen LogP contribution is -2.35. The van der Waals surface area contributed by atoms with E-state index in [0.717, 1.165) is 0 Å². The number of amides is 1. The van der Waals surface area contributed by atoms with Crippen molar-refractivity contribution < 1.29 is 9.18 Å². The summed E-state index contributed by atoms with van der Waals surface area (Å²) in [6.45, 7) is 4.25. The molecule has 1 aromatic rings. The quantitative estimate of drug-likeness (QED) is 0.876. The van der Waals surface area contributed by atoms with E-state index in [0.29, 0.717) is 5.56 Å². The summed E-state index contributed by atoms with van der Waals surface area (Å²) in [5, 5.41) is 2.69. The van der Waals surface area contributed by atoms with E-state index in [-0.39, 0.29) is 29.4 Å². The third-order valence-electron chi connectivity index (χ3n) is 2.53. The van der Waals surface area contributed by atoms with Gasteiger partial charge in [0, 0.05) is 12.1 Å². The van der Waals surface area contributed by atoms with Crippen LogP contribution in [0.25, 0.3) is 0 Å². The number of nitrogens with one attached hydrogen (secondary N) is 1. The molecule has 0 bridgehead atoms. The van der Waals surface area contributed by atoms with Crippen LogP contribution in [0.5, 0.6) is 0 Å². The fraction of sp³-hybridized carbons (Fsp3) is 0.462. The van der Waals surface area contributed by atoms with Crippen molar-refractivity contribution in [3.05, 3.63) is 35.6 Å². The molecule has 1 aromatic carbocycles. The number of benzene rings is 1. The summed E-state index contributed by atoms with van der Waals surface area (Å²) in [5.41, 5.74) is 0.518. The van der Waals surface area contributed by atoms with Gasteiger partial charge in [0.1, 0.15) is 5.82 Å². The van der Waals surface area contributed by atoms with Crippen molar-refractivity contribution in [2.45, 2.75) is 25.6 Å². The molecule has 0 spiro atoms. The average molecular weight is 255 g/mol. The van der Waals surface area contributed by atoms with Crippen LogP contribution in [-0.2, 0) is 11.3 Å². The fourth-order valence-corrected chi connectivity index (χ4v) is 2.45. The van der Waals surface area contributed by atoms with Gasteiger partial charge in [0.25, 0.3) is 0 Å². The molecule has 0 aliphatic carbocycles. The highest BCUT2D eigenvalue weighted by molar-refractivity contribution is 7.99. The Labute approximate surface area is 106 Å². The summed E-state index contributed by atoms with van der Waals surface area (Å²) in [4.78, 5) is 11.8. The Morgan fingerprint density at radius 3 is 2.59 bits per heavy atom. The van der Waals surface area contributed by atoms with Crippen molar-refractivity contribution in [3.63, 3.8) is 0 Å². The minimum Gasteiger partial charge on any atom is -0.351 e. The van der Waals surface area contributed by atoms with Crippen LogP contribution >= 0.6 is 11.8 Å². The Morgan fingerprint density at radius 1 is 1.41 bits per heavy atom. The van der Waals surface area contributed by atoms with Gasteiger partial charge in [0.15, 0.2) is 0 Å². The molecular weight excluding hydrogens is 237 g/mol. The minimum atomic E-state index is -0.280. The molecule has 4 heteroatoms. The zero-order valence-electron chi connectivity index (χ0n) is 10.4. The van der Waals surface area contributed by atoms with Crippen LogP contribution in [0.2, 0.25) is 0 Å². The van der Waals surface area contributed by atoms with Crippen LogP contribution in [0.1, 0.15) is 19.4 Å². The van der Waals surface area contributed by atoms with Gasteiger partial charge in [0.2, 0.25) is 5.91 Å². The van der Waals surface area contributed by atoms with Crippen molar-refractivity contribution in [3.8, 4) is 0 Å². The normalized spacial score (nSPS) is 12.5. The third-order valence-corrected chi connectivity index (χ3v) is 3.80. The van der Waals surface area contributed by atoms with E-state index >= 15 is 0 Å². The molecule has 2 nitrogen and oxygen atoms in total. The smallest absolute Gasteiger partial charge is 0.233 e. The van der Waals surface area contributed by atoms with Crippen molar-refractivity contribution in [2.75, 3.05) is 6.26 Å². The largest absolute Gasteiger partial charge is 0.351 e. The van der Waals surface area contributed by atoms with Crippen LogP contribution in [0.4, 0.5) is 4.39 Å². The van der Waals surface area contributed by atoms with Crippen molar-refractivity contribution >= 4 is 17.7 Å². The zero-order chi connectivity index (χ0) is 12.8. The van der Waals surface area contributed by atoms with E-state index < -0.39 is 0 Å². The highest BCUT2D eigenvalue weighted by Crippen LogP contribution is 2.16. The Bertz CT molecular complexity index is 381. The molecule has 1 amide bonds. The third kappa shape index (κ3) is 4.04. The molecule has 0 unspecified atom stereocenters. The van der Waals surface area contributed by atoms with Crippen molar-refractivity contribution in [2.24, 2.45) is 5.92 Å². The molecule has 0 aromatic heterocycles. The number of rotatable bonds is 5. The van der Waals surface area contributed by atoms with Gasteiger partial charge in [-0.1, -0.05) is 32.0 Å². The number of carbonyl (C=O) groups excluding carboxylic acids is 1. The Kier molecular flexibility index (Phi) is 5.48. The SMILES string of the molecule is CS[C@@H](C(=O)NCc1ccccc1F)C(C)C. The average Bonchev–Trinajstić information content (AvgIpc) is 2.28. The molecule has 1 N–H and O–H groups in total. The van der Waals surface area contributed by atoms with Gasteiger partial charge in [-0.3, -0.25) is 4.79 Å². The summed E-state index contributed by atoms with van der Waals surface area (Å²) in [6.07, 6.45) is 1.91. The van der Waals surface area contributed by atoms with Gasteiger partial charge >= 0.3 is 0 Å². The van der Waals surface area contributed by atoms with E-state index in [4.69, 9.17) is 0 Å². The second-order valence-electron chi connectivity index (χ2n) is 4.21. The second-order valence-corrected chi connectivity index (χ2v) is 5.19. The van der Waals surface area contributed by atoms with Crippen molar-refractivity contribution in [1.82, 2.24) is 5.32 Å². The van der Waals surface area contributed by atoms with Crippen LogP contribution in [0, 0.1) is 11.7 Å². The van der Waals surface area contributed by atoms with Gasteiger partial charge < -0.3 is 5.32 Å². The summed E-state index contributed by atoms with van der Waals surface area (Å²) in [5.74, 6) is -0.0422. The van der Waals surface area contributed by atoms with E-state index in [1.54, 1.807) is 18.2 Å². The molecule has 0 heterocycles. The zero-order valence-corrected chi connectivity index (χ0v) is 11.2. The topological polar surface area (TPSA) is 29.1 Å². The van der Waals surface area contributed by atoms with Crippen molar-refractivity contribution in [1.29, 1.82) is 0 Å². The monoisotopic (exact) mass is 255 g/mol. The van der Waals surface area contributed by atoms with Gasteiger partial charge in [0.05, 0.1) is 5.25 Å². The van der Waals surface area contributed by atoms with Crippen LogP contribution in [0.15, 0.2) is 24.3 Å². The first-order valence-electron chi connectivity index (χ1n) is 5.60. The molecule has 0 saturated heterocycles. The minimum absolute atomic E-state index is 0.0317. The molecular formula is C13H18FNOS. The summed E-state index contributed by atoms with van der Waals surface area (Å²) >= 11 is 1.52. The van der Waals surface area contributed by atoms with Gasteiger partial charge in [-0.25, -0.2) is 4.39 Å². The van der Waals surface area contributed by atoms with E-state index in [1.165, 1.54) is 17.8 Å². The summed E-state index contributed by atoms with van der Waals surface area (Å²) < 4.78 is 13.3. The lowest BCUT2D eigenvalue weighted by molar-refractivity contribution is -0.121. The maximum Gasteiger partial charge on any atom is 0.233 e. The highest BCUT2D eigenvalue weighted by Gasteiger charge is 2.20. The van der Waals surface area contributed by atoms with Gasteiger partial charge in [-0.15, -0.1) is 0 Å². The number of hydrogen-bond donors (Lipinski definition) is 1. The number of halogens is 1. The first kappa shape index (κ1) is 14.0. The maximum absolute atomic E-state index is 13.3. The van der Waals surface area contributed by atoms with E-state index in [1.807, 2.05) is 20.1 Å². The van der Waals surface area contributed by atoms with Crippen LogP contribution in [0.3, 0.4) is 0 Å². The van der Waals surface area contributed by atoms with Crippen LogP contribution in [-0.4, -0.2) is 17.4 Å². The number of thioether (sulfide) groups is 1. The predicted octanol–water partition coefficient (Wildman–Crippen LogP) is 2.83. The van der Waals surface area contributed by atoms with E-state index in [9.17, 15) is 9.18 Å². The standard InChI is InChI=1S/C13H18FNOS/c1-9(2)12(17-3)13(16)15-8-10-6-4-5-7-11(10)14/h4-7,9,12H,8H2,1-3H3,(H,15,16)/t12-/m1/s1. The second kappa shape index (κ2) is 6.64. The summed E-state index contributed by atoms with van der Waals surface area (Å²) in [6, 6.07) is 6.48. The molecule has 1 atom stereocenters. The first-order chi connectivity index (χ1) is 8.06. The molecule has 0 saturated carbocycles. The molecule has 0 fully saturated rings. The Balaban J connectivity index is 2.56. The number of hydrogen-bond acceptors (Lipinski definition) is 2. The lowest BCUT2D eigenvalue weighted by Gasteiger charge is -2.17. The molecule has 0 radical (unpaired) electrons. The fourth-order valence-electron chi connectivity index (χ4n) is 1.61. The summed E-state index contributed by atoms with van der Waals surface area (Å²) in [7, 11) is 0. The first-order valence-corrected chi connectivity index (χ1v) is 6.89. The van der Waals surface area contributed by atoms with Gasteiger partial charge in [-0.2, -0.15) is 11.8 Å². The van der Waals surface area contributed by atoms with Gasteiger partial charge in [-0.05, 0) is 18.2 Å². The molecule has 94 valence electrons.